The summed E-state index contributed by atoms with van der Waals surface area (Å²) >= 11 is 0. The smallest absolute Gasteiger partial charge is 0.246 e. The van der Waals surface area contributed by atoms with Gasteiger partial charge in [-0.05, 0) is 49.5 Å². The van der Waals surface area contributed by atoms with Gasteiger partial charge in [-0.25, -0.2) is 0 Å². The van der Waals surface area contributed by atoms with Gasteiger partial charge >= 0.3 is 0 Å². The zero-order valence-electron chi connectivity index (χ0n) is 16.5. The number of aromatic amines is 1. The zero-order chi connectivity index (χ0) is 20.4. The van der Waals surface area contributed by atoms with Gasteiger partial charge in [-0.2, -0.15) is 5.10 Å². The molecule has 1 aliphatic carbocycles. The first-order valence-corrected chi connectivity index (χ1v) is 9.98. The summed E-state index contributed by atoms with van der Waals surface area (Å²) in [6.07, 6.45) is 8.24. The van der Waals surface area contributed by atoms with Crippen LogP contribution in [0.15, 0.2) is 43.1 Å². The molecule has 3 heterocycles. The Labute approximate surface area is 169 Å². The van der Waals surface area contributed by atoms with Crippen molar-refractivity contribution >= 4 is 23.2 Å². The van der Waals surface area contributed by atoms with Crippen molar-refractivity contribution in [1.29, 1.82) is 0 Å². The summed E-state index contributed by atoms with van der Waals surface area (Å²) in [7, 11) is 0. The molecule has 0 aromatic carbocycles. The van der Waals surface area contributed by atoms with Gasteiger partial charge in [-0.1, -0.05) is 18.7 Å². The van der Waals surface area contributed by atoms with E-state index >= 15 is 0 Å². The van der Waals surface area contributed by atoms with Gasteiger partial charge in [0.2, 0.25) is 11.8 Å². The van der Waals surface area contributed by atoms with Gasteiger partial charge < -0.3 is 10.2 Å². The highest BCUT2D eigenvalue weighted by Crippen LogP contribution is 2.39. The molecular formula is C22H25N5O2. The lowest BCUT2D eigenvalue weighted by Crippen LogP contribution is -2.33. The molecule has 2 amide bonds. The second-order valence-corrected chi connectivity index (χ2v) is 7.64. The summed E-state index contributed by atoms with van der Waals surface area (Å²) in [5.41, 5.74) is 3.94. The van der Waals surface area contributed by atoms with Gasteiger partial charge in [-0.3, -0.25) is 19.7 Å². The quantitative estimate of drug-likeness (QED) is 0.740. The SMILES string of the molecule is C=CC(=O)N1CC=C(c2ccc(C(C)C(=O)Nc3cc(C4CC4)[nH]n3)cn2)CC1. The lowest BCUT2D eigenvalue weighted by molar-refractivity contribution is -0.125. The highest BCUT2D eigenvalue weighted by atomic mass is 16.2. The summed E-state index contributed by atoms with van der Waals surface area (Å²) in [6.45, 7) is 6.61. The van der Waals surface area contributed by atoms with Crippen LogP contribution in [0.25, 0.3) is 5.57 Å². The van der Waals surface area contributed by atoms with E-state index in [9.17, 15) is 9.59 Å². The number of anilines is 1. The molecule has 150 valence electrons. The number of amides is 2. The number of rotatable bonds is 6. The number of carbonyl (C=O) groups excluding carboxylic acids is 2. The molecular weight excluding hydrogens is 366 g/mol. The standard InChI is InChI=1S/C22H25N5O2/c1-3-21(28)27-10-8-16(9-11-27)18-7-6-17(13-23-18)14(2)22(29)24-20-12-19(25-26-20)15-4-5-15/h3,6-8,12-15H,1,4-5,9-11H2,2H3,(H2,24,25,26,29). The molecule has 1 aliphatic heterocycles. The number of H-pyrrole nitrogens is 1. The van der Waals surface area contributed by atoms with Crippen molar-refractivity contribution in [3.63, 3.8) is 0 Å². The average molecular weight is 391 g/mol. The van der Waals surface area contributed by atoms with E-state index in [2.05, 4.69) is 27.1 Å². The van der Waals surface area contributed by atoms with Gasteiger partial charge in [0.1, 0.15) is 0 Å². The van der Waals surface area contributed by atoms with Crippen LogP contribution in [-0.2, 0) is 9.59 Å². The minimum absolute atomic E-state index is 0.0513. The van der Waals surface area contributed by atoms with Crippen LogP contribution in [-0.4, -0.2) is 45.0 Å². The highest BCUT2D eigenvalue weighted by Gasteiger charge is 2.26. The minimum atomic E-state index is -0.335. The van der Waals surface area contributed by atoms with Crippen molar-refractivity contribution in [3.05, 3.63) is 60.1 Å². The molecule has 1 fully saturated rings. The Morgan fingerprint density at radius 1 is 1.38 bits per heavy atom. The molecule has 2 aromatic heterocycles. The third-order valence-electron chi connectivity index (χ3n) is 5.57. The Bertz CT molecular complexity index is 956. The van der Waals surface area contributed by atoms with Gasteiger partial charge in [0.05, 0.1) is 11.6 Å². The fourth-order valence-electron chi connectivity index (χ4n) is 3.47. The van der Waals surface area contributed by atoms with Crippen LogP contribution in [0.3, 0.4) is 0 Å². The predicted molar refractivity (Wildman–Crippen MR) is 111 cm³/mol. The van der Waals surface area contributed by atoms with Crippen LogP contribution in [0.1, 0.15) is 55.0 Å². The van der Waals surface area contributed by atoms with E-state index in [1.807, 2.05) is 31.2 Å². The number of aromatic nitrogens is 3. The largest absolute Gasteiger partial charge is 0.335 e. The Hall–Kier alpha value is -3.22. The fourth-order valence-corrected chi connectivity index (χ4v) is 3.47. The number of carbonyl (C=O) groups is 2. The van der Waals surface area contributed by atoms with Crippen molar-refractivity contribution in [2.75, 3.05) is 18.4 Å². The van der Waals surface area contributed by atoms with Gasteiger partial charge in [-0.15, -0.1) is 0 Å². The molecule has 0 spiro atoms. The summed E-state index contributed by atoms with van der Waals surface area (Å²) in [4.78, 5) is 30.5. The summed E-state index contributed by atoms with van der Waals surface area (Å²) in [5.74, 6) is 0.643. The van der Waals surface area contributed by atoms with Gasteiger partial charge in [0, 0.05) is 37.0 Å². The first kappa shape index (κ1) is 19.1. The second-order valence-electron chi connectivity index (χ2n) is 7.64. The number of hydrogen-bond acceptors (Lipinski definition) is 4. The van der Waals surface area contributed by atoms with E-state index in [1.165, 1.54) is 18.9 Å². The van der Waals surface area contributed by atoms with E-state index in [1.54, 1.807) is 11.1 Å². The lowest BCUT2D eigenvalue weighted by Gasteiger charge is -2.25. The maximum absolute atomic E-state index is 12.6. The van der Waals surface area contributed by atoms with Crippen molar-refractivity contribution in [2.24, 2.45) is 0 Å². The Morgan fingerprint density at radius 2 is 2.21 bits per heavy atom. The normalized spacial score (nSPS) is 17.4. The summed E-state index contributed by atoms with van der Waals surface area (Å²) < 4.78 is 0. The third-order valence-corrected chi connectivity index (χ3v) is 5.57. The molecule has 29 heavy (non-hydrogen) atoms. The molecule has 7 heteroatoms. The van der Waals surface area contributed by atoms with Crippen LogP contribution in [0.2, 0.25) is 0 Å². The molecule has 2 aromatic rings. The number of hydrogen-bond donors (Lipinski definition) is 2. The molecule has 0 bridgehead atoms. The number of nitrogens with zero attached hydrogens (tertiary/aromatic N) is 3. The van der Waals surface area contributed by atoms with E-state index < -0.39 is 0 Å². The Kier molecular flexibility index (Phi) is 5.29. The molecule has 4 rings (SSSR count). The molecule has 2 N–H and O–H groups in total. The van der Waals surface area contributed by atoms with E-state index in [-0.39, 0.29) is 17.7 Å². The van der Waals surface area contributed by atoms with Crippen molar-refractivity contribution in [3.8, 4) is 0 Å². The topological polar surface area (TPSA) is 91.0 Å². The average Bonchev–Trinajstić information content (AvgIpc) is 3.52. The molecule has 1 atom stereocenters. The van der Waals surface area contributed by atoms with Crippen molar-refractivity contribution in [2.45, 2.75) is 38.0 Å². The van der Waals surface area contributed by atoms with Crippen LogP contribution in [0.4, 0.5) is 5.82 Å². The van der Waals surface area contributed by atoms with Crippen LogP contribution < -0.4 is 5.32 Å². The number of nitrogens with one attached hydrogen (secondary N) is 2. The molecule has 7 nitrogen and oxygen atoms in total. The molecule has 0 saturated heterocycles. The van der Waals surface area contributed by atoms with Gasteiger partial charge in [0.25, 0.3) is 0 Å². The van der Waals surface area contributed by atoms with Crippen molar-refractivity contribution in [1.82, 2.24) is 20.1 Å². The molecule has 1 unspecified atom stereocenters. The van der Waals surface area contributed by atoms with E-state index in [4.69, 9.17) is 0 Å². The predicted octanol–water partition coefficient (Wildman–Crippen LogP) is 3.23. The van der Waals surface area contributed by atoms with E-state index in [0.717, 1.165) is 28.9 Å². The van der Waals surface area contributed by atoms with E-state index in [0.29, 0.717) is 24.8 Å². The second kappa shape index (κ2) is 8.03. The first-order valence-electron chi connectivity index (χ1n) is 9.98. The highest BCUT2D eigenvalue weighted by molar-refractivity contribution is 5.94. The third kappa shape index (κ3) is 4.29. The lowest BCUT2D eigenvalue weighted by atomic mass is 9.99. The van der Waals surface area contributed by atoms with Crippen LogP contribution in [0.5, 0.6) is 0 Å². The van der Waals surface area contributed by atoms with Crippen molar-refractivity contribution < 1.29 is 9.59 Å². The fraction of sp³-hybridized carbons (Fsp3) is 0.364. The summed E-state index contributed by atoms with van der Waals surface area (Å²) in [6, 6.07) is 5.80. The van der Waals surface area contributed by atoms with Crippen LogP contribution >= 0.6 is 0 Å². The maximum Gasteiger partial charge on any atom is 0.246 e. The van der Waals surface area contributed by atoms with Gasteiger partial charge in [0.15, 0.2) is 5.82 Å². The van der Waals surface area contributed by atoms with Crippen LogP contribution in [0, 0.1) is 0 Å². The number of pyridine rings is 1. The molecule has 2 aliphatic rings. The zero-order valence-corrected chi connectivity index (χ0v) is 16.5. The minimum Gasteiger partial charge on any atom is -0.335 e. The monoisotopic (exact) mass is 391 g/mol. The molecule has 0 radical (unpaired) electrons. The Morgan fingerprint density at radius 3 is 2.83 bits per heavy atom. The first-order chi connectivity index (χ1) is 14.0. The molecule has 1 saturated carbocycles. The summed E-state index contributed by atoms with van der Waals surface area (Å²) in [5, 5.41) is 10.1. The Balaban J connectivity index is 1.37. The maximum atomic E-state index is 12.6.